The lowest BCUT2D eigenvalue weighted by atomic mass is 10.1. The Balaban J connectivity index is 1.78. The van der Waals surface area contributed by atoms with Gasteiger partial charge in [0.2, 0.25) is 5.82 Å². The molecule has 4 rings (SSSR count). The van der Waals surface area contributed by atoms with Crippen LogP contribution in [0.25, 0.3) is 22.9 Å². The lowest BCUT2D eigenvalue weighted by molar-refractivity contribution is 0.421. The molecular formula is C18H14FN5O2. The number of rotatable bonds is 4. The highest BCUT2D eigenvalue weighted by Gasteiger charge is 2.16. The summed E-state index contributed by atoms with van der Waals surface area (Å²) in [5, 5.41) is 8.46. The molecule has 3 aromatic heterocycles. The van der Waals surface area contributed by atoms with Crippen LogP contribution in [0.5, 0.6) is 0 Å². The third kappa shape index (κ3) is 3.04. The smallest absolute Gasteiger partial charge is 0.287 e. The molecule has 1 aromatic carbocycles. The maximum absolute atomic E-state index is 13.2. The lowest BCUT2D eigenvalue weighted by Gasteiger charge is -2.06. The number of aryl methyl sites for hydroxylation is 1. The summed E-state index contributed by atoms with van der Waals surface area (Å²) in [7, 11) is 0. The summed E-state index contributed by atoms with van der Waals surface area (Å²) in [6.07, 6.45) is 2.35. The standard InChI is InChI=1S/C18H14FN5O2/c1-11-2-4-12(5-3-11)10-24-16(14-6-7-26-23-14)8-15(22-24)17-20-9-13(19)18(25)21-17/h2-9H,10H2,1H3,(H,20,21,25). The molecule has 0 aliphatic rings. The Morgan fingerprint density at radius 1 is 1.19 bits per heavy atom. The summed E-state index contributed by atoms with van der Waals surface area (Å²) < 4.78 is 19.9. The molecule has 0 radical (unpaired) electrons. The van der Waals surface area contributed by atoms with E-state index in [1.54, 1.807) is 16.8 Å². The summed E-state index contributed by atoms with van der Waals surface area (Å²) in [5.41, 5.74) is 3.08. The van der Waals surface area contributed by atoms with E-state index in [9.17, 15) is 9.18 Å². The fourth-order valence-electron chi connectivity index (χ4n) is 2.58. The molecule has 0 aliphatic carbocycles. The number of hydrogen-bond donors (Lipinski definition) is 1. The average Bonchev–Trinajstić information content (AvgIpc) is 3.29. The number of benzene rings is 1. The maximum Gasteiger partial charge on any atom is 0.287 e. The van der Waals surface area contributed by atoms with Gasteiger partial charge < -0.3 is 9.51 Å². The van der Waals surface area contributed by atoms with Gasteiger partial charge in [-0.25, -0.2) is 4.98 Å². The van der Waals surface area contributed by atoms with Gasteiger partial charge in [-0.15, -0.1) is 0 Å². The quantitative estimate of drug-likeness (QED) is 0.611. The molecular weight excluding hydrogens is 337 g/mol. The molecule has 8 heteroatoms. The van der Waals surface area contributed by atoms with Crippen LogP contribution in [0.1, 0.15) is 11.1 Å². The van der Waals surface area contributed by atoms with Crippen molar-refractivity contribution in [3.8, 4) is 22.9 Å². The van der Waals surface area contributed by atoms with E-state index >= 15 is 0 Å². The van der Waals surface area contributed by atoms with Crippen LogP contribution in [-0.4, -0.2) is 24.9 Å². The highest BCUT2D eigenvalue weighted by Crippen LogP contribution is 2.24. The topological polar surface area (TPSA) is 89.6 Å². The third-order valence-corrected chi connectivity index (χ3v) is 3.93. The van der Waals surface area contributed by atoms with Crippen molar-refractivity contribution in [2.75, 3.05) is 0 Å². The van der Waals surface area contributed by atoms with Crippen molar-refractivity contribution in [3.05, 3.63) is 76.2 Å². The van der Waals surface area contributed by atoms with E-state index in [1.807, 2.05) is 31.2 Å². The number of nitrogens with one attached hydrogen (secondary N) is 1. The third-order valence-electron chi connectivity index (χ3n) is 3.93. The normalized spacial score (nSPS) is 11.0. The monoisotopic (exact) mass is 351 g/mol. The highest BCUT2D eigenvalue weighted by atomic mass is 19.1. The molecule has 0 unspecified atom stereocenters. The summed E-state index contributed by atoms with van der Waals surface area (Å²) >= 11 is 0. The average molecular weight is 351 g/mol. The number of H-pyrrole nitrogens is 1. The zero-order chi connectivity index (χ0) is 18.1. The largest absolute Gasteiger partial charge is 0.364 e. The van der Waals surface area contributed by atoms with Gasteiger partial charge in [0.1, 0.15) is 17.7 Å². The first-order valence-electron chi connectivity index (χ1n) is 7.89. The van der Waals surface area contributed by atoms with E-state index in [1.165, 1.54) is 11.8 Å². The SMILES string of the molecule is Cc1ccc(Cn2nc(-c3ncc(F)c(=O)[nH]3)cc2-c2ccon2)cc1. The van der Waals surface area contributed by atoms with Gasteiger partial charge in [-0.1, -0.05) is 35.0 Å². The van der Waals surface area contributed by atoms with Crippen molar-refractivity contribution >= 4 is 0 Å². The Morgan fingerprint density at radius 2 is 2.00 bits per heavy atom. The van der Waals surface area contributed by atoms with E-state index in [0.29, 0.717) is 23.6 Å². The van der Waals surface area contributed by atoms with Gasteiger partial charge in [0.05, 0.1) is 18.4 Å². The van der Waals surface area contributed by atoms with E-state index in [4.69, 9.17) is 4.52 Å². The number of aromatic amines is 1. The molecule has 0 saturated carbocycles. The molecule has 3 heterocycles. The van der Waals surface area contributed by atoms with Crippen molar-refractivity contribution < 1.29 is 8.91 Å². The molecule has 4 aromatic rings. The van der Waals surface area contributed by atoms with Crippen LogP contribution in [0, 0.1) is 12.7 Å². The van der Waals surface area contributed by atoms with Crippen LogP contribution in [0.3, 0.4) is 0 Å². The predicted molar refractivity (Wildman–Crippen MR) is 91.8 cm³/mol. The molecule has 1 N–H and O–H groups in total. The molecule has 0 saturated heterocycles. The van der Waals surface area contributed by atoms with Crippen LogP contribution in [0.2, 0.25) is 0 Å². The first-order chi connectivity index (χ1) is 12.6. The van der Waals surface area contributed by atoms with Crippen LogP contribution >= 0.6 is 0 Å². The van der Waals surface area contributed by atoms with Gasteiger partial charge in [-0.05, 0) is 18.6 Å². The van der Waals surface area contributed by atoms with E-state index < -0.39 is 11.4 Å². The Bertz CT molecular complexity index is 1100. The van der Waals surface area contributed by atoms with Crippen molar-refractivity contribution in [2.45, 2.75) is 13.5 Å². The number of hydrogen-bond acceptors (Lipinski definition) is 5. The van der Waals surface area contributed by atoms with Gasteiger partial charge in [0.25, 0.3) is 5.56 Å². The van der Waals surface area contributed by atoms with Crippen molar-refractivity contribution in [3.63, 3.8) is 0 Å². The second-order valence-electron chi connectivity index (χ2n) is 5.85. The van der Waals surface area contributed by atoms with Gasteiger partial charge >= 0.3 is 0 Å². The minimum atomic E-state index is -0.940. The van der Waals surface area contributed by atoms with Gasteiger partial charge in [-0.3, -0.25) is 9.48 Å². The number of halogens is 1. The molecule has 7 nitrogen and oxygen atoms in total. The summed E-state index contributed by atoms with van der Waals surface area (Å²) in [5.74, 6) is -0.756. The number of aromatic nitrogens is 5. The maximum atomic E-state index is 13.2. The zero-order valence-corrected chi connectivity index (χ0v) is 13.8. The lowest BCUT2D eigenvalue weighted by Crippen LogP contribution is -2.12. The molecule has 0 atom stereocenters. The van der Waals surface area contributed by atoms with Gasteiger partial charge in [0.15, 0.2) is 5.82 Å². The van der Waals surface area contributed by atoms with Crippen molar-refractivity contribution in [2.24, 2.45) is 0 Å². The molecule has 0 aliphatic heterocycles. The first-order valence-corrected chi connectivity index (χ1v) is 7.89. The fraction of sp³-hybridized carbons (Fsp3) is 0.111. The minimum absolute atomic E-state index is 0.184. The summed E-state index contributed by atoms with van der Waals surface area (Å²) in [4.78, 5) is 17.8. The summed E-state index contributed by atoms with van der Waals surface area (Å²) in [6, 6.07) is 11.5. The Labute approximate surface area is 147 Å². The van der Waals surface area contributed by atoms with Crippen LogP contribution in [-0.2, 0) is 6.54 Å². The summed E-state index contributed by atoms with van der Waals surface area (Å²) in [6.45, 7) is 2.51. The van der Waals surface area contributed by atoms with Gasteiger partial charge in [-0.2, -0.15) is 9.49 Å². The second-order valence-corrected chi connectivity index (χ2v) is 5.85. The molecule has 0 bridgehead atoms. The second kappa shape index (κ2) is 6.40. The van der Waals surface area contributed by atoms with E-state index in [0.717, 1.165) is 11.8 Å². The molecule has 0 fully saturated rings. The van der Waals surface area contributed by atoms with Crippen molar-refractivity contribution in [1.82, 2.24) is 24.9 Å². The van der Waals surface area contributed by atoms with Crippen LogP contribution < -0.4 is 5.56 Å². The molecule has 0 spiro atoms. The van der Waals surface area contributed by atoms with Crippen LogP contribution in [0.4, 0.5) is 4.39 Å². The molecule has 0 amide bonds. The first kappa shape index (κ1) is 15.9. The molecule has 130 valence electrons. The zero-order valence-electron chi connectivity index (χ0n) is 13.8. The van der Waals surface area contributed by atoms with E-state index in [2.05, 4.69) is 20.2 Å². The van der Waals surface area contributed by atoms with Gasteiger partial charge in [0, 0.05) is 6.07 Å². The number of nitrogens with zero attached hydrogens (tertiary/aromatic N) is 4. The molecule has 26 heavy (non-hydrogen) atoms. The Kier molecular flexibility index (Phi) is 3.92. The van der Waals surface area contributed by atoms with Crippen molar-refractivity contribution in [1.29, 1.82) is 0 Å². The highest BCUT2D eigenvalue weighted by molar-refractivity contribution is 5.62. The van der Waals surface area contributed by atoms with Crippen LogP contribution in [0.15, 0.2) is 58.2 Å². The predicted octanol–water partition coefficient (Wildman–Crippen LogP) is 2.78. The fourth-order valence-corrected chi connectivity index (χ4v) is 2.58. The minimum Gasteiger partial charge on any atom is -0.364 e. The van der Waals surface area contributed by atoms with E-state index in [-0.39, 0.29) is 5.82 Å². The Morgan fingerprint density at radius 3 is 2.69 bits per heavy atom. The Hall–Kier alpha value is -3.55.